The first-order valence-electron chi connectivity index (χ1n) is 9.13. The molecule has 1 aliphatic heterocycles. The minimum atomic E-state index is -4.08. The summed E-state index contributed by atoms with van der Waals surface area (Å²) in [5.41, 5.74) is 0.551. The van der Waals surface area contributed by atoms with Crippen LogP contribution in [0.2, 0.25) is 0 Å². The van der Waals surface area contributed by atoms with Crippen LogP contribution < -0.4 is 9.04 Å². The van der Waals surface area contributed by atoms with Crippen LogP contribution in [-0.4, -0.2) is 46.1 Å². The maximum Gasteiger partial charge on any atom is 0.267 e. The van der Waals surface area contributed by atoms with Crippen molar-refractivity contribution in [1.82, 2.24) is 4.90 Å². The summed E-state index contributed by atoms with van der Waals surface area (Å²) in [6.45, 7) is 4.67. The van der Waals surface area contributed by atoms with Gasteiger partial charge in [0.1, 0.15) is 4.90 Å². The van der Waals surface area contributed by atoms with E-state index in [2.05, 4.69) is 11.8 Å². The predicted octanol–water partition coefficient (Wildman–Crippen LogP) is 3.51. The standard InChI is InChI=1S/C20H25FN2O3S/c1-3-22-14-12-17(13-15-22)23(16-8-5-4-6-9-16)27(24,25)19-11-7-10-18(26-2)20(19)21/h4-11,17H,3,12-15H2,1-2H3. The molecule has 3 rings (SSSR count). The number of para-hydroxylation sites is 1. The molecule has 0 unspecified atom stereocenters. The molecule has 0 bridgehead atoms. The Morgan fingerprint density at radius 3 is 2.37 bits per heavy atom. The molecule has 1 fully saturated rings. The maximum absolute atomic E-state index is 14.8. The summed E-state index contributed by atoms with van der Waals surface area (Å²) in [6.07, 6.45) is 1.40. The number of nitrogens with zero attached hydrogens (tertiary/aromatic N) is 2. The van der Waals surface area contributed by atoms with Crippen molar-refractivity contribution in [2.45, 2.75) is 30.7 Å². The van der Waals surface area contributed by atoms with Crippen molar-refractivity contribution in [3.05, 3.63) is 54.3 Å². The van der Waals surface area contributed by atoms with Crippen molar-refractivity contribution in [1.29, 1.82) is 0 Å². The largest absolute Gasteiger partial charge is 0.494 e. The number of benzene rings is 2. The van der Waals surface area contributed by atoms with Gasteiger partial charge in [-0.05, 0) is 43.7 Å². The molecule has 0 aliphatic carbocycles. The van der Waals surface area contributed by atoms with Crippen LogP contribution in [0.25, 0.3) is 0 Å². The maximum atomic E-state index is 14.8. The molecule has 1 heterocycles. The number of likely N-dealkylation sites (tertiary alicyclic amines) is 1. The van der Waals surface area contributed by atoms with Gasteiger partial charge in [-0.3, -0.25) is 4.31 Å². The van der Waals surface area contributed by atoms with E-state index in [0.717, 1.165) is 19.6 Å². The number of methoxy groups -OCH3 is 1. The normalized spacial score (nSPS) is 16.3. The Morgan fingerprint density at radius 2 is 1.78 bits per heavy atom. The fourth-order valence-corrected chi connectivity index (χ4v) is 5.34. The summed E-state index contributed by atoms with van der Waals surface area (Å²) in [5.74, 6) is -0.934. The molecule has 0 saturated carbocycles. The molecule has 0 aromatic heterocycles. The Kier molecular flexibility index (Phi) is 6.01. The van der Waals surface area contributed by atoms with E-state index in [1.54, 1.807) is 24.3 Å². The Bertz CT molecular complexity index is 866. The van der Waals surface area contributed by atoms with Crippen molar-refractivity contribution in [2.24, 2.45) is 0 Å². The number of piperidine rings is 1. The van der Waals surface area contributed by atoms with E-state index >= 15 is 0 Å². The van der Waals surface area contributed by atoms with Gasteiger partial charge in [0.25, 0.3) is 10.0 Å². The van der Waals surface area contributed by atoms with Crippen molar-refractivity contribution in [3.8, 4) is 5.75 Å². The summed E-state index contributed by atoms with van der Waals surface area (Å²) in [6, 6.07) is 12.9. The fraction of sp³-hybridized carbons (Fsp3) is 0.400. The van der Waals surface area contributed by atoms with E-state index in [-0.39, 0.29) is 16.7 Å². The molecular weight excluding hydrogens is 367 g/mol. The summed E-state index contributed by atoms with van der Waals surface area (Å²) < 4.78 is 48.1. The molecular formula is C20H25FN2O3S. The van der Waals surface area contributed by atoms with Gasteiger partial charge in [0.2, 0.25) is 0 Å². The molecule has 5 nitrogen and oxygen atoms in total. The highest BCUT2D eigenvalue weighted by Crippen LogP contribution is 2.33. The average molecular weight is 392 g/mol. The molecule has 2 aromatic rings. The smallest absolute Gasteiger partial charge is 0.267 e. The van der Waals surface area contributed by atoms with Crippen molar-refractivity contribution in [3.63, 3.8) is 0 Å². The van der Waals surface area contributed by atoms with Gasteiger partial charge >= 0.3 is 0 Å². The van der Waals surface area contributed by atoms with Crippen LogP contribution in [0, 0.1) is 5.82 Å². The second kappa shape index (κ2) is 8.27. The molecule has 1 aliphatic rings. The van der Waals surface area contributed by atoms with Gasteiger partial charge in [-0.1, -0.05) is 31.2 Å². The van der Waals surface area contributed by atoms with Gasteiger partial charge in [-0.2, -0.15) is 0 Å². The number of ether oxygens (including phenoxy) is 1. The van der Waals surface area contributed by atoms with Crippen LogP contribution >= 0.6 is 0 Å². The van der Waals surface area contributed by atoms with Gasteiger partial charge in [0.15, 0.2) is 11.6 Å². The SMILES string of the molecule is CCN1CCC(N(c2ccccc2)S(=O)(=O)c2cccc(OC)c2F)CC1. The number of hydrogen-bond donors (Lipinski definition) is 0. The highest BCUT2D eigenvalue weighted by atomic mass is 32.2. The number of sulfonamides is 1. The molecule has 146 valence electrons. The van der Waals surface area contributed by atoms with Crippen molar-refractivity contribution < 1.29 is 17.5 Å². The molecule has 0 radical (unpaired) electrons. The Balaban J connectivity index is 2.05. The number of rotatable bonds is 6. The van der Waals surface area contributed by atoms with Gasteiger partial charge in [-0.15, -0.1) is 0 Å². The minimum Gasteiger partial charge on any atom is -0.494 e. The van der Waals surface area contributed by atoms with E-state index < -0.39 is 15.8 Å². The Morgan fingerprint density at radius 1 is 1.11 bits per heavy atom. The van der Waals surface area contributed by atoms with E-state index in [0.29, 0.717) is 18.5 Å². The van der Waals surface area contributed by atoms with Gasteiger partial charge in [0, 0.05) is 19.1 Å². The zero-order valence-corrected chi connectivity index (χ0v) is 16.5. The number of anilines is 1. The lowest BCUT2D eigenvalue weighted by Gasteiger charge is -2.38. The predicted molar refractivity (Wildman–Crippen MR) is 104 cm³/mol. The highest BCUT2D eigenvalue weighted by Gasteiger charge is 2.36. The van der Waals surface area contributed by atoms with Crippen molar-refractivity contribution in [2.75, 3.05) is 31.0 Å². The number of hydrogen-bond acceptors (Lipinski definition) is 4. The highest BCUT2D eigenvalue weighted by molar-refractivity contribution is 7.92. The van der Waals surface area contributed by atoms with Gasteiger partial charge in [0.05, 0.1) is 12.8 Å². The monoisotopic (exact) mass is 392 g/mol. The second-order valence-corrected chi connectivity index (χ2v) is 8.36. The number of halogens is 1. The summed E-state index contributed by atoms with van der Waals surface area (Å²) >= 11 is 0. The second-order valence-electron chi connectivity index (χ2n) is 6.57. The van der Waals surface area contributed by atoms with E-state index in [1.807, 2.05) is 6.07 Å². The summed E-state index contributed by atoms with van der Waals surface area (Å²) in [7, 11) is -2.76. The first-order valence-corrected chi connectivity index (χ1v) is 10.6. The molecule has 27 heavy (non-hydrogen) atoms. The fourth-order valence-electron chi connectivity index (χ4n) is 3.54. The molecule has 0 amide bonds. The van der Waals surface area contributed by atoms with Crippen LogP contribution in [0.1, 0.15) is 19.8 Å². The summed E-state index contributed by atoms with van der Waals surface area (Å²) in [5, 5.41) is 0. The van der Waals surface area contributed by atoms with Crippen molar-refractivity contribution >= 4 is 15.7 Å². The molecule has 0 N–H and O–H groups in total. The average Bonchev–Trinajstić information content (AvgIpc) is 2.69. The first-order chi connectivity index (χ1) is 13.0. The van der Waals surface area contributed by atoms with Gasteiger partial charge < -0.3 is 9.64 Å². The zero-order chi connectivity index (χ0) is 19.4. The minimum absolute atomic E-state index is 0.0788. The third kappa shape index (κ3) is 3.94. The molecule has 1 saturated heterocycles. The summed E-state index contributed by atoms with van der Waals surface area (Å²) in [4.78, 5) is 1.93. The van der Waals surface area contributed by atoms with Crippen LogP contribution in [0.4, 0.5) is 10.1 Å². The van der Waals surface area contributed by atoms with E-state index in [9.17, 15) is 12.8 Å². The van der Waals surface area contributed by atoms with Crippen LogP contribution in [0.15, 0.2) is 53.4 Å². The Hall–Kier alpha value is -2.12. The lowest BCUT2D eigenvalue weighted by molar-refractivity contribution is 0.224. The topological polar surface area (TPSA) is 49.9 Å². The third-order valence-corrected chi connectivity index (χ3v) is 6.93. The molecule has 0 atom stereocenters. The molecule has 7 heteroatoms. The van der Waals surface area contributed by atoms with Crippen LogP contribution in [-0.2, 0) is 10.0 Å². The molecule has 0 spiro atoms. The van der Waals surface area contributed by atoms with E-state index in [4.69, 9.17) is 4.74 Å². The van der Waals surface area contributed by atoms with E-state index in [1.165, 1.54) is 29.6 Å². The molecule has 2 aromatic carbocycles. The van der Waals surface area contributed by atoms with Crippen LogP contribution in [0.5, 0.6) is 5.75 Å². The van der Waals surface area contributed by atoms with Crippen LogP contribution in [0.3, 0.4) is 0 Å². The Labute approximate surface area is 160 Å². The first kappa shape index (κ1) is 19.6. The third-order valence-electron chi connectivity index (χ3n) is 5.03. The van der Waals surface area contributed by atoms with Gasteiger partial charge in [-0.25, -0.2) is 12.8 Å². The lowest BCUT2D eigenvalue weighted by Crippen LogP contribution is -2.47. The lowest BCUT2D eigenvalue weighted by atomic mass is 10.0. The zero-order valence-electron chi connectivity index (χ0n) is 15.6. The quantitative estimate of drug-likeness (QED) is 0.755.